The van der Waals surface area contributed by atoms with Crippen molar-refractivity contribution in [2.45, 2.75) is 40.0 Å². The van der Waals surface area contributed by atoms with Crippen LogP contribution in [0.4, 0.5) is 0 Å². The van der Waals surface area contributed by atoms with Gasteiger partial charge in [-0.2, -0.15) is 0 Å². The number of hydrogen-bond acceptors (Lipinski definition) is 0. The highest BCUT2D eigenvalue weighted by molar-refractivity contribution is 4.90. The van der Waals surface area contributed by atoms with Gasteiger partial charge in [-0.1, -0.05) is 27.2 Å². The van der Waals surface area contributed by atoms with Crippen molar-refractivity contribution in [2.24, 2.45) is 11.3 Å². The minimum atomic E-state index is 0.524. The summed E-state index contributed by atoms with van der Waals surface area (Å²) in [6, 6.07) is 0. The third-order valence-corrected chi connectivity index (χ3v) is 2.28. The Morgan fingerprint density at radius 3 is 2.22 bits per heavy atom. The van der Waals surface area contributed by atoms with E-state index in [-0.39, 0.29) is 0 Å². The van der Waals surface area contributed by atoms with Gasteiger partial charge in [0.25, 0.3) is 0 Å². The molecule has 9 heavy (non-hydrogen) atoms. The highest BCUT2D eigenvalue weighted by Crippen LogP contribution is 2.37. The third kappa shape index (κ3) is 1.70. The molecule has 0 saturated heterocycles. The van der Waals surface area contributed by atoms with E-state index in [1.54, 1.807) is 0 Å². The topological polar surface area (TPSA) is 0 Å². The highest BCUT2D eigenvalue weighted by atomic mass is 14.3. The first-order valence-electron chi connectivity index (χ1n) is 3.94. The maximum atomic E-state index is 2.49. The fraction of sp³-hybridized carbons (Fsp3) is 0.889. The smallest absolute Gasteiger partial charge is 0.0334 e. The summed E-state index contributed by atoms with van der Waals surface area (Å²) in [5.41, 5.74) is 0.524. The fourth-order valence-electron chi connectivity index (χ4n) is 1.56. The van der Waals surface area contributed by atoms with Gasteiger partial charge in [0.2, 0.25) is 0 Å². The van der Waals surface area contributed by atoms with Crippen molar-refractivity contribution in [2.75, 3.05) is 0 Å². The minimum absolute atomic E-state index is 0.524. The summed E-state index contributed by atoms with van der Waals surface area (Å²) in [6.45, 7) is 7.00. The van der Waals surface area contributed by atoms with E-state index in [4.69, 9.17) is 0 Å². The predicted octanol–water partition coefficient (Wildman–Crippen LogP) is 3.04. The molecule has 0 aliphatic heterocycles. The van der Waals surface area contributed by atoms with Crippen LogP contribution in [-0.2, 0) is 0 Å². The zero-order valence-corrected chi connectivity index (χ0v) is 6.78. The first-order chi connectivity index (χ1) is 4.11. The summed E-state index contributed by atoms with van der Waals surface area (Å²) in [5, 5.41) is 0. The average molecular weight is 125 g/mol. The molecule has 1 rings (SSSR count). The highest BCUT2D eigenvalue weighted by Gasteiger charge is 2.27. The normalized spacial score (nSPS) is 23.0. The first-order valence-corrected chi connectivity index (χ1v) is 3.94. The molecule has 0 nitrogen and oxygen atoms in total. The van der Waals surface area contributed by atoms with Crippen LogP contribution in [-0.4, -0.2) is 0 Å². The van der Waals surface area contributed by atoms with E-state index in [0.717, 1.165) is 5.92 Å². The molecule has 53 valence electrons. The lowest BCUT2D eigenvalue weighted by Gasteiger charge is -2.25. The molecule has 1 unspecified atom stereocenters. The Balaban J connectivity index is 2.42. The second kappa shape index (κ2) is 2.32. The van der Waals surface area contributed by atoms with E-state index < -0.39 is 0 Å². The molecule has 0 spiro atoms. The Morgan fingerprint density at radius 1 is 1.33 bits per heavy atom. The molecular formula is C9H17. The molecule has 1 aliphatic carbocycles. The average Bonchev–Trinajstić information content (AvgIpc) is 2.08. The molecule has 0 aromatic heterocycles. The van der Waals surface area contributed by atoms with Crippen LogP contribution in [0.1, 0.15) is 40.0 Å². The number of rotatable bonds is 0. The van der Waals surface area contributed by atoms with Crippen LogP contribution in [0.2, 0.25) is 0 Å². The van der Waals surface area contributed by atoms with E-state index >= 15 is 0 Å². The van der Waals surface area contributed by atoms with Gasteiger partial charge in [0.15, 0.2) is 0 Å². The Kier molecular flexibility index (Phi) is 1.83. The lowest BCUT2D eigenvalue weighted by Crippen LogP contribution is -2.16. The summed E-state index contributed by atoms with van der Waals surface area (Å²) >= 11 is 0. The van der Waals surface area contributed by atoms with Gasteiger partial charge in [-0.05, 0) is 30.6 Å². The zero-order chi connectivity index (χ0) is 6.91. The molecule has 1 saturated carbocycles. The zero-order valence-electron chi connectivity index (χ0n) is 6.78. The molecule has 0 heterocycles. The van der Waals surface area contributed by atoms with Gasteiger partial charge in [0.1, 0.15) is 0 Å². The Labute approximate surface area is 58.7 Å². The number of hydrogen-bond donors (Lipinski definition) is 0. The minimum Gasteiger partial charge on any atom is -0.0599 e. The summed E-state index contributed by atoms with van der Waals surface area (Å²) in [5.74, 6) is 0.887. The summed E-state index contributed by atoms with van der Waals surface area (Å²) in [4.78, 5) is 0. The molecule has 0 aromatic rings. The van der Waals surface area contributed by atoms with Crippen LogP contribution in [0, 0.1) is 17.8 Å². The van der Waals surface area contributed by atoms with Crippen molar-refractivity contribution in [3.05, 3.63) is 6.42 Å². The van der Waals surface area contributed by atoms with Gasteiger partial charge in [-0.25, -0.2) is 0 Å². The van der Waals surface area contributed by atoms with Crippen molar-refractivity contribution < 1.29 is 0 Å². The van der Waals surface area contributed by atoms with E-state index in [9.17, 15) is 0 Å². The van der Waals surface area contributed by atoms with Crippen molar-refractivity contribution in [3.63, 3.8) is 0 Å². The third-order valence-electron chi connectivity index (χ3n) is 2.28. The van der Waals surface area contributed by atoms with E-state index in [1.807, 2.05) is 0 Å². The first kappa shape index (κ1) is 7.11. The van der Waals surface area contributed by atoms with E-state index in [1.165, 1.54) is 19.3 Å². The van der Waals surface area contributed by atoms with Gasteiger partial charge in [-0.3, -0.25) is 0 Å². The molecule has 0 amide bonds. The van der Waals surface area contributed by atoms with E-state index in [0.29, 0.717) is 5.41 Å². The second-order valence-corrected chi connectivity index (χ2v) is 4.14. The lowest BCUT2D eigenvalue weighted by molar-refractivity contribution is 0.282. The molecule has 0 N–H and O–H groups in total. The molecule has 1 fully saturated rings. The Hall–Kier alpha value is 0. The Bertz CT molecular complexity index is 80.7. The Morgan fingerprint density at radius 2 is 2.00 bits per heavy atom. The van der Waals surface area contributed by atoms with Crippen LogP contribution in [0.25, 0.3) is 0 Å². The second-order valence-electron chi connectivity index (χ2n) is 4.14. The van der Waals surface area contributed by atoms with Crippen LogP contribution >= 0.6 is 0 Å². The van der Waals surface area contributed by atoms with Crippen LogP contribution in [0.5, 0.6) is 0 Å². The molecule has 1 aliphatic rings. The van der Waals surface area contributed by atoms with Crippen molar-refractivity contribution in [1.82, 2.24) is 0 Å². The molecule has 0 bridgehead atoms. The summed E-state index contributed by atoms with van der Waals surface area (Å²) in [7, 11) is 0. The SMILES string of the molecule is CC(C)(C)C1[CH]CCC1. The van der Waals surface area contributed by atoms with Crippen molar-refractivity contribution in [3.8, 4) is 0 Å². The maximum Gasteiger partial charge on any atom is -0.0334 e. The van der Waals surface area contributed by atoms with Gasteiger partial charge in [0.05, 0.1) is 0 Å². The van der Waals surface area contributed by atoms with Crippen LogP contribution in [0.3, 0.4) is 0 Å². The standard InChI is InChI=1S/C9H17/c1-9(2,3)8-6-4-5-7-8/h6,8H,4-5,7H2,1-3H3. The van der Waals surface area contributed by atoms with Gasteiger partial charge in [-0.15, -0.1) is 0 Å². The van der Waals surface area contributed by atoms with E-state index in [2.05, 4.69) is 27.2 Å². The van der Waals surface area contributed by atoms with Gasteiger partial charge < -0.3 is 0 Å². The van der Waals surface area contributed by atoms with Crippen molar-refractivity contribution >= 4 is 0 Å². The molecular weight excluding hydrogens is 108 g/mol. The predicted molar refractivity (Wildman–Crippen MR) is 41.1 cm³/mol. The fourth-order valence-corrected chi connectivity index (χ4v) is 1.56. The quantitative estimate of drug-likeness (QED) is 0.467. The largest absolute Gasteiger partial charge is 0.0599 e. The molecule has 1 radical (unpaired) electrons. The summed E-state index contributed by atoms with van der Waals surface area (Å²) in [6.07, 6.45) is 6.67. The summed E-state index contributed by atoms with van der Waals surface area (Å²) < 4.78 is 0. The molecule has 1 atom stereocenters. The van der Waals surface area contributed by atoms with Gasteiger partial charge >= 0.3 is 0 Å². The monoisotopic (exact) mass is 125 g/mol. The molecule has 0 aromatic carbocycles. The van der Waals surface area contributed by atoms with Crippen LogP contribution < -0.4 is 0 Å². The maximum absolute atomic E-state index is 2.49. The molecule has 0 heteroatoms. The lowest BCUT2D eigenvalue weighted by atomic mass is 9.80. The van der Waals surface area contributed by atoms with Crippen LogP contribution in [0.15, 0.2) is 0 Å². The van der Waals surface area contributed by atoms with Crippen molar-refractivity contribution in [1.29, 1.82) is 0 Å². The van der Waals surface area contributed by atoms with Gasteiger partial charge in [0, 0.05) is 0 Å².